The number of aromatic nitrogens is 2. The number of hydrogen-bond donors (Lipinski definition) is 1. The molecule has 176 valence electrons. The summed E-state index contributed by atoms with van der Waals surface area (Å²) in [6.07, 6.45) is 0. The van der Waals surface area contributed by atoms with Crippen LogP contribution in [0.4, 0.5) is 0 Å². The van der Waals surface area contributed by atoms with Crippen LogP contribution in [0.1, 0.15) is 22.0 Å². The van der Waals surface area contributed by atoms with E-state index in [-0.39, 0.29) is 23.9 Å². The predicted octanol–water partition coefficient (Wildman–Crippen LogP) is 2.87. The van der Waals surface area contributed by atoms with Gasteiger partial charge in [0.1, 0.15) is 6.54 Å². The summed E-state index contributed by atoms with van der Waals surface area (Å²) in [4.78, 5) is 17.6. The molecular formula is C23H28N4O4S2. The maximum atomic E-state index is 13.1. The summed E-state index contributed by atoms with van der Waals surface area (Å²) in [5.41, 5.74) is 4.45. The highest BCUT2D eigenvalue weighted by Gasteiger charge is 2.28. The van der Waals surface area contributed by atoms with Crippen molar-refractivity contribution < 1.29 is 17.9 Å². The summed E-state index contributed by atoms with van der Waals surface area (Å²) in [5, 5.41) is 5.91. The van der Waals surface area contributed by atoms with Crippen LogP contribution in [-0.2, 0) is 32.6 Å². The van der Waals surface area contributed by atoms with Crippen LogP contribution in [0.25, 0.3) is 11.3 Å². The molecule has 0 saturated carbocycles. The van der Waals surface area contributed by atoms with Gasteiger partial charge in [0.05, 0.1) is 28.8 Å². The molecule has 1 aliphatic heterocycles. The number of carbonyl (C=O) groups is 1. The summed E-state index contributed by atoms with van der Waals surface area (Å²) in [6.45, 7) is 7.63. The van der Waals surface area contributed by atoms with Gasteiger partial charge in [-0.25, -0.2) is 13.4 Å². The van der Waals surface area contributed by atoms with Gasteiger partial charge in [0.25, 0.3) is 0 Å². The zero-order valence-electron chi connectivity index (χ0n) is 19.0. The summed E-state index contributed by atoms with van der Waals surface area (Å²) in [5.74, 6) is -0.184. The molecule has 0 bridgehead atoms. The number of aryl methyl sites for hydroxylation is 2. The van der Waals surface area contributed by atoms with E-state index in [1.54, 1.807) is 35.6 Å². The Morgan fingerprint density at radius 1 is 1.18 bits per heavy atom. The van der Waals surface area contributed by atoms with E-state index in [0.717, 1.165) is 27.7 Å². The fourth-order valence-corrected chi connectivity index (χ4v) is 6.25. The Kier molecular flexibility index (Phi) is 6.99. The van der Waals surface area contributed by atoms with Crippen molar-refractivity contribution in [2.45, 2.75) is 38.8 Å². The second-order valence-electron chi connectivity index (χ2n) is 8.02. The monoisotopic (exact) mass is 488 g/mol. The van der Waals surface area contributed by atoms with Gasteiger partial charge in [-0.2, -0.15) is 4.31 Å². The van der Waals surface area contributed by atoms with Crippen molar-refractivity contribution in [3.8, 4) is 11.3 Å². The molecule has 1 aromatic carbocycles. The second-order valence-corrected chi connectivity index (χ2v) is 11.0. The minimum absolute atomic E-state index is 0.135. The normalized spacial score (nSPS) is 15.0. The van der Waals surface area contributed by atoms with Gasteiger partial charge in [-0.05, 0) is 38.5 Å². The lowest BCUT2D eigenvalue weighted by molar-refractivity contribution is -0.121. The quantitative estimate of drug-likeness (QED) is 0.552. The fraction of sp³-hybridized carbons (Fsp3) is 0.391. The number of carbonyl (C=O) groups excluding carboxylic acids is 1. The Morgan fingerprint density at radius 2 is 1.91 bits per heavy atom. The smallest absolute Gasteiger partial charge is 0.243 e. The van der Waals surface area contributed by atoms with Gasteiger partial charge in [0, 0.05) is 42.0 Å². The SMILES string of the molecule is Cc1nc(-c2cc(C)n(CC(=O)NCc3ccccc3S(=O)(=O)N3CCOCC3)c2C)cs1. The number of ether oxygens (including phenoxy) is 1. The Balaban J connectivity index is 1.47. The lowest BCUT2D eigenvalue weighted by Crippen LogP contribution is -2.41. The van der Waals surface area contributed by atoms with Crippen molar-refractivity contribution in [1.82, 2.24) is 19.2 Å². The number of rotatable bonds is 7. The number of nitrogens with one attached hydrogen (secondary N) is 1. The second kappa shape index (κ2) is 9.76. The van der Waals surface area contributed by atoms with E-state index >= 15 is 0 Å². The van der Waals surface area contributed by atoms with E-state index in [9.17, 15) is 13.2 Å². The molecule has 1 amide bonds. The molecule has 3 heterocycles. The molecular weight excluding hydrogens is 460 g/mol. The average Bonchev–Trinajstić information content (AvgIpc) is 3.36. The van der Waals surface area contributed by atoms with Crippen molar-refractivity contribution >= 4 is 27.3 Å². The Labute approximate surface area is 198 Å². The minimum Gasteiger partial charge on any atom is -0.379 e. The molecule has 0 radical (unpaired) electrons. The molecule has 0 spiro atoms. The molecule has 4 rings (SSSR count). The highest BCUT2D eigenvalue weighted by atomic mass is 32.2. The first-order valence-electron chi connectivity index (χ1n) is 10.8. The number of hydrogen-bond acceptors (Lipinski definition) is 6. The lowest BCUT2D eigenvalue weighted by atomic mass is 10.2. The Morgan fingerprint density at radius 3 is 2.61 bits per heavy atom. The van der Waals surface area contributed by atoms with Gasteiger partial charge in [0.2, 0.25) is 15.9 Å². The third kappa shape index (κ3) is 5.03. The number of nitrogens with zero attached hydrogens (tertiary/aromatic N) is 3. The average molecular weight is 489 g/mol. The van der Waals surface area contributed by atoms with E-state index < -0.39 is 10.0 Å². The molecule has 1 fully saturated rings. The highest BCUT2D eigenvalue weighted by Crippen LogP contribution is 2.28. The van der Waals surface area contributed by atoms with E-state index in [4.69, 9.17) is 4.74 Å². The van der Waals surface area contributed by atoms with E-state index in [2.05, 4.69) is 10.3 Å². The molecule has 1 aliphatic rings. The van der Waals surface area contributed by atoms with Crippen molar-refractivity contribution in [2.24, 2.45) is 0 Å². The first kappa shape index (κ1) is 23.6. The minimum atomic E-state index is -3.65. The van der Waals surface area contributed by atoms with Gasteiger partial charge in [-0.1, -0.05) is 18.2 Å². The van der Waals surface area contributed by atoms with Crippen LogP contribution in [0.5, 0.6) is 0 Å². The largest absolute Gasteiger partial charge is 0.379 e. The van der Waals surface area contributed by atoms with Gasteiger partial charge < -0.3 is 14.6 Å². The first-order chi connectivity index (χ1) is 15.8. The summed E-state index contributed by atoms with van der Waals surface area (Å²) < 4.78 is 34.9. The van der Waals surface area contributed by atoms with Crippen LogP contribution in [0.15, 0.2) is 40.6 Å². The molecule has 1 N–H and O–H groups in total. The summed E-state index contributed by atoms with van der Waals surface area (Å²) >= 11 is 1.60. The van der Waals surface area contributed by atoms with Crippen molar-refractivity contribution in [2.75, 3.05) is 26.3 Å². The number of thiazole rings is 1. The predicted molar refractivity (Wildman–Crippen MR) is 128 cm³/mol. The van der Waals surface area contributed by atoms with E-state index in [0.29, 0.717) is 31.9 Å². The molecule has 33 heavy (non-hydrogen) atoms. The molecule has 0 aliphatic carbocycles. The maximum Gasteiger partial charge on any atom is 0.243 e. The maximum absolute atomic E-state index is 13.1. The van der Waals surface area contributed by atoms with Gasteiger partial charge in [-0.15, -0.1) is 11.3 Å². The van der Waals surface area contributed by atoms with Crippen molar-refractivity contribution in [3.63, 3.8) is 0 Å². The standard InChI is InChI=1S/C23H28N4O4S2/c1-16-12-20(21-15-32-18(3)25-21)17(2)27(16)14-23(28)24-13-19-6-4-5-7-22(19)33(29,30)26-8-10-31-11-9-26/h4-7,12,15H,8-11,13-14H2,1-3H3,(H,24,28). The molecule has 10 heteroatoms. The Hall–Kier alpha value is -2.53. The first-order valence-corrected chi connectivity index (χ1v) is 13.1. The van der Waals surface area contributed by atoms with Crippen molar-refractivity contribution in [1.29, 1.82) is 0 Å². The van der Waals surface area contributed by atoms with E-state index in [1.165, 1.54) is 4.31 Å². The summed E-state index contributed by atoms with van der Waals surface area (Å²) in [6, 6.07) is 8.85. The van der Waals surface area contributed by atoms with Gasteiger partial charge in [-0.3, -0.25) is 4.79 Å². The fourth-order valence-electron chi connectivity index (χ4n) is 4.01. The molecule has 0 atom stereocenters. The van der Waals surface area contributed by atoms with Crippen LogP contribution in [0, 0.1) is 20.8 Å². The van der Waals surface area contributed by atoms with Crippen molar-refractivity contribution in [3.05, 3.63) is 57.7 Å². The topological polar surface area (TPSA) is 93.5 Å². The molecule has 8 nitrogen and oxygen atoms in total. The number of morpholine rings is 1. The third-order valence-corrected chi connectivity index (χ3v) is 8.58. The highest BCUT2D eigenvalue weighted by molar-refractivity contribution is 7.89. The zero-order chi connectivity index (χ0) is 23.6. The van der Waals surface area contributed by atoms with Crippen LogP contribution in [0.3, 0.4) is 0 Å². The Bertz CT molecular complexity index is 1260. The zero-order valence-corrected chi connectivity index (χ0v) is 20.6. The van der Waals surface area contributed by atoms with Crippen LogP contribution >= 0.6 is 11.3 Å². The number of amides is 1. The van der Waals surface area contributed by atoms with E-state index in [1.807, 2.05) is 36.8 Å². The van der Waals surface area contributed by atoms with Crippen LogP contribution in [-0.4, -0.2) is 54.5 Å². The van der Waals surface area contributed by atoms with Crippen LogP contribution in [0.2, 0.25) is 0 Å². The van der Waals surface area contributed by atoms with Gasteiger partial charge in [0.15, 0.2) is 0 Å². The molecule has 0 unspecified atom stereocenters. The molecule has 3 aromatic rings. The number of sulfonamides is 1. The third-order valence-electron chi connectivity index (χ3n) is 5.81. The number of benzene rings is 1. The molecule has 1 saturated heterocycles. The van der Waals surface area contributed by atoms with Gasteiger partial charge >= 0.3 is 0 Å². The summed E-state index contributed by atoms with van der Waals surface area (Å²) in [7, 11) is -3.65. The van der Waals surface area contributed by atoms with Crippen LogP contribution < -0.4 is 5.32 Å². The lowest BCUT2D eigenvalue weighted by Gasteiger charge is -2.27. The molecule has 2 aromatic heterocycles.